The minimum Gasteiger partial charge on any atom is -0.478 e. The third kappa shape index (κ3) is 3.98. The number of carbonyl (C=O) groups excluding carboxylic acids is 2. The normalized spacial score (nSPS) is 15.1. The van der Waals surface area contributed by atoms with E-state index in [1.807, 2.05) is 16.3 Å². The van der Waals surface area contributed by atoms with Gasteiger partial charge >= 0.3 is 17.9 Å². The molecule has 0 amide bonds. The fourth-order valence-corrected chi connectivity index (χ4v) is 5.68. The summed E-state index contributed by atoms with van der Waals surface area (Å²) in [5, 5.41) is 12.1. The third-order valence-corrected chi connectivity index (χ3v) is 7.26. The highest BCUT2D eigenvalue weighted by Crippen LogP contribution is 2.47. The van der Waals surface area contributed by atoms with E-state index in [0.29, 0.717) is 30.1 Å². The molecule has 3 aromatic rings. The van der Waals surface area contributed by atoms with Crippen LogP contribution in [0.2, 0.25) is 5.02 Å². The van der Waals surface area contributed by atoms with Crippen molar-refractivity contribution in [2.75, 3.05) is 13.7 Å². The summed E-state index contributed by atoms with van der Waals surface area (Å²) in [6.45, 7) is 2.02. The molecule has 0 bridgehead atoms. The van der Waals surface area contributed by atoms with E-state index < -0.39 is 23.4 Å². The Labute approximate surface area is 205 Å². The zero-order valence-electron chi connectivity index (χ0n) is 18.5. The molecule has 9 heteroatoms. The molecule has 1 aromatic heterocycles. The second-order valence-corrected chi connectivity index (χ2v) is 9.21. The summed E-state index contributed by atoms with van der Waals surface area (Å²) < 4.78 is 10.8. The maximum Gasteiger partial charge on any atom is 0.339 e. The molecule has 2 aromatic carbocycles. The minimum absolute atomic E-state index is 0.168. The Balaban J connectivity index is 2.10. The van der Waals surface area contributed by atoms with Gasteiger partial charge in [0.1, 0.15) is 5.56 Å². The van der Waals surface area contributed by atoms with Crippen LogP contribution in [0.1, 0.15) is 38.8 Å². The predicted molar refractivity (Wildman–Crippen MR) is 127 cm³/mol. The van der Waals surface area contributed by atoms with Crippen LogP contribution >= 0.6 is 22.9 Å². The number of hydrogen-bond donors (Lipinski definition) is 1. The number of hydrogen-bond acceptors (Lipinski definition) is 7. The zero-order chi connectivity index (χ0) is 24.5. The highest BCUT2D eigenvalue weighted by Gasteiger charge is 2.53. The molecule has 0 spiro atoms. The maximum absolute atomic E-state index is 13.8. The molecule has 2 heterocycles. The van der Waals surface area contributed by atoms with E-state index in [2.05, 4.69) is 0 Å². The fourth-order valence-electron chi connectivity index (χ4n) is 4.52. The lowest BCUT2D eigenvalue weighted by molar-refractivity contribution is -0.154. The van der Waals surface area contributed by atoms with Crippen molar-refractivity contribution in [3.63, 3.8) is 0 Å². The maximum atomic E-state index is 13.8. The van der Waals surface area contributed by atoms with E-state index in [-0.39, 0.29) is 16.9 Å². The number of aromatic carboxylic acids is 1. The molecule has 0 unspecified atom stereocenters. The van der Waals surface area contributed by atoms with Crippen LogP contribution in [0.25, 0.3) is 0 Å². The number of thiophene rings is 1. The van der Waals surface area contributed by atoms with Crippen molar-refractivity contribution in [1.29, 1.82) is 0 Å². The molecule has 1 aliphatic rings. The van der Waals surface area contributed by atoms with Gasteiger partial charge in [0.2, 0.25) is 0 Å². The Kier molecular flexibility index (Phi) is 6.74. The van der Waals surface area contributed by atoms with Crippen LogP contribution in [-0.4, -0.2) is 41.6 Å². The molecular formula is C25H22ClNO6S. The van der Waals surface area contributed by atoms with Crippen LogP contribution in [0.5, 0.6) is 5.75 Å². The first-order chi connectivity index (χ1) is 16.3. The topological polar surface area (TPSA) is 93.1 Å². The molecule has 4 rings (SSSR count). The van der Waals surface area contributed by atoms with Gasteiger partial charge in [0.05, 0.1) is 7.11 Å². The van der Waals surface area contributed by atoms with Gasteiger partial charge in [0.25, 0.3) is 0 Å². The Bertz CT molecular complexity index is 1270. The number of esters is 2. The number of methoxy groups -OCH3 is 1. The monoisotopic (exact) mass is 499 g/mol. The van der Waals surface area contributed by atoms with E-state index in [1.165, 1.54) is 31.0 Å². The van der Waals surface area contributed by atoms with Crippen molar-refractivity contribution in [2.45, 2.75) is 25.4 Å². The first kappa shape index (κ1) is 23.9. The lowest BCUT2D eigenvalue weighted by Gasteiger charge is -2.44. The van der Waals surface area contributed by atoms with E-state index in [1.54, 1.807) is 41.7 Å². The summed E-state index contributed by atoms with van der Waals surface area (Å²) in [4.78, 5) is 41.1. The minimum atomic E-state index is -1.68. The quantitative estimate of drug-likeness (QED) is 0.394. The molecular weight excluding hydrogens is 478 g/mol. The summed E-state index contributed by atoms with van der Waals surface area (Å²) in [6.07, 6.45) is 0.678. The van der Waals surface area contributed by atoms with Crippen molar-refractivity contribution in [1.82, 2.24) is 4.90 Å². The standard InChI is InChI=1S/C25H22ClNO6S/c1-15(28)33-22-17(23(29)30)6-5-8-19(22)25(24(31)32-2,18-7-3-4-9-20(18)26)27-12-10-21-16(14-27)11-13-34-21/h3-9,11,13H,10,12,14H2,1-2H3,(H,29,30)/t25-/m1/s1. The van der Waals surface area contributed by atoms with Gasteiger partial charge in [-0.3, -0.25) is 9.69 Å². The molecule has 0 fully saturated rings. The van der Waals surface area contributed by atoms with E-state index in [9.17, 15) is 19.5 Å². The second kappa shape index (κ2) is 9.58. The highest BCUT2D eigenvalue weighted by molar-refractivity contribution is 7.10. The van der Waals surface area contributed by atoms with Crippen LogP contribution in [-0.2, 0) is 32.8 Å². The average molecular weight is 500 g/mol. The zero-order valence-corrected chi connectivity index (χ0v) is 20.1. The van der Waals surface area contributed by atoms with Crippen molar-refractivity contribution >= 4 is 40.8 Å². The average Bonchev–Trinajstić information content (AvgIpc) is 3.29. The van der Waals surface area contributed by atoms with Crippen LogP contribution in [0, 0.1) is 0 Å². The molecule has 176 valence electrons. The van der Waals surface area contributed by atoms with Crippen LogP contribution in [0.4, 0.5) is 0 Å². The molecule has 1 N–H and O–H groups in total. The van der Waals surface area contributed by atoms with Crippen molar-refractivity contribution in [2.24, 2.45) is 0 Å². The Morgan fingerprint density at radius 2 is 1.82 bits per heavy atom. The summed E-state index contributed by atoms with van der Waals surface area (Å²) in [7, 11) is 1.26. The number of fused-ring (bicyclic) bond motifs is 1. The molecule has 0 aliphatic carbocycles. The molecule has 7 nitrogen and oxygen atoms in total. The van der Waals surface area contributed by atoms with Gasteiger partial charge in [-0.2, -0.15) is 0 Å². The van der Waals surface area contributed by atoms with Gasteiger partial charge in [-0.05, 0) is 35.6 Å². The largest absolute Gasteiger partial charge is 0.478 e. The lowest BCUT2D eigenvalue weighted by Crippen LogP contribution is -2.55. The van der Waals surface area contributed by atoms with Crippen molar-refractivity contribution < 1.29 is 29.0 Å². The lowest BCUT2D eigenvalue weighted by atomic mass is 9.78. The van der Waals surface area contributed by atoms with Crippen LogP contribution in [0.3, 0.4) is 0 Å². The smallest absolute Gasteiger partial charge is 0.339 e. The van der Waals surface area contributed by atoms with Gasteiger partial charge in [-0.1, -0.05) is 41.9 Å². The number of para-hydroxylation sites is 1. The number of carboxylic acid groups (broad SMARTS) is 1. The van der Waals surface area contributed by atoms with Crippen molar-refractivity contribution in [3.05, 3.63) is 86.1 Å². The number of halogens is 1. The second-order valence-electron chi connectivity index (χ2n) is 7.80. The van der Waals surface area contributed by atoms with Crippen molar-refractivity contribution in [3.8, 4) is 5.75 Å². The summed E-state index contributed by atoms with van der Waals surface area (Å²) >= 11 is 8.31. The summed E-state index contributed by atoms with van der Waals surface area (Å²) in [5.41, 5.74) is -0.302. The molecule has 1 aliphatic heterocycles. The van der Waals surface area contributed by atoms with E-state index >= 15 is 0 Å². The first-order valence-electron chi connectivity index (χ1n) is 10.5. The van der Waals surface area contributed by atoms with E-state index in [0.717, 1.165) is 5.56 Å². The number of ether oxygens (including phenoxy) is 2. The molecule has 0 radical (unpaired) electrons. The Morgan fingerprint density at radius 1 is 1.09 bits per heavy atom. The van der Waals surface area contributed by atoms with E-state index in [4.69, 9.17) is 21.1 Å². The first-order valence-corrected chi connectivity index (χ1v) is 11.7. The number of benzene rings is 2. The van der Waals surface area contributed by atoms with Crippen LogP contribution < -0.4 is 4.74 Å². The molecule has 1 atom stereocenters. The molecule has 0 saturated carbocycles. The Hall–Kier alpha value is -3.20. The predicted octanol–water partition coefficient (Wildman–Crippen LogP) is 4.50. The molecule has 34 heavy (non-hydrogen) atoms. The fraction of sp³-hybridized carbons (Fsp3) is 0.240. The van der Waals surface area contributed by atoms with Gasteiger partial charge < -0.3 is 14.6 Å². The van der Waals surface area contributed by atoms with Gasteiger partial charge in [-0.25, -0.2) is 9.59 Å². The molecule has 0 saturated heterocycles. The van der Waals surface area contributed by atoms with Gasteiger partial charge in [0, 0.05) is 41.0 Å². The number of rotatable bonds is 6. The third-order valence-electron chi connectivity index (χ3n) is 5.91. The van der Waals surface area contributed by atoms with Crippen LogP contribution in [0.15, 0.2) is 53.9 Å². The summed E-state index contributed by atoms with van der Waals surface area (Å²) in [5.74, 6) is -2.90. The van der Waals surface area contributed by atoms with Gasteiger partial charge in [-0.15, -0.1) is 11.3 Å². The Morgan fingerprint density at radius 3 is 2.50 bits per heavy atom. The summed E-state index contributed by atoms with van der Waals surface area (Å²) in [6, 6.07) is 13.3. The SMILES string of the molecule is COC(=O)[C@@](c1ccccc1Cl)(c1cccc(C(=O)O)c1OC(C)=O)N1CCc2sccc2C1. The number of nitrogens with zero attached hydrogens (tertiary/aromatic N) is 1. The number of carbonyl (C=O) groups is 3. The highest BCUT2D eigenvalue weighted by atomic mass is 35.5. The van der Waals surface area contributed by atoms with Gasteiger partial charge in [0.15, 0.2) is 11.3 Å². The number of carboxylic acids is 1.